The van der Waals surface area contributed by atoms with Crippen molar-refractivity contribution in [3.8, 4) is 5.82 Å². The number of hydrogen-bond donors (Lipinski definition) is 2. The van der Waals surface area contributed by atoms with Crippen LogP contribution >= 0.6 is 15.9 Å². The molecule has 0 atom stereocenters. The largest absolute Gasteiger partial charge is 0.409 e. The van der Waals surface area contributed by atoms with E-state index in [1.54, 1.807) is 17.1 Å². The molecule has 0 unspecified atom stereocenters. The summed E-state index contributed by atoms with van der Waals surface area (Å²) in [6, 6.07) is 1.96. The fourth-order valence-electron chi connectivity index (χ4n) is 2.46. The summed E-state index contributed by atoms with van der Waals surface area (Å²) in [6.45, 7) is 0. The molecule has 2 aromatic rings. The van der Waals surface area contributed by atoms with Gasteiger partial charge in [-0.25, -0.2) is 9.67 Å². The highest BCUT2D eigenvalue weighted by atomic mass is 79.9. The van der Waals surface area contributed by atoms with Gasteiger partial charge in [0.2, 0.25) is 0 Å². The van der Waals surface area contributed by atoms with Crippen molar-refractivity contribution in [1.29, 1.82) is 0 Å². The van der Waals surface area contributed by atoms with Crippen molar-refractivity contribution in [3.05, 3.63) is 39.8 Å². The number of nitrogens with two attached hydrogens (primary N) is 1. The summed E-state index contributed by atoms with van der Waals surface area (Å²) in [5.74, 6) is 0.638. The van der Waals surface area contributed by atoms with E-state index < -0.39 is 0 Å². The van der Waals surface area contributed by atoms with Gasteiger partial charge in [0, 0.05) is 11.9 Å². The maximum atomic E-state index is 8.97. The van der Waals surface area contributed by atoms with Crippen LogP contribution in [0.15, 0.2) is 28.1 Å². The lowest BCUT2D eigenvalue weighted by Crippen LogP contribution is -2.20. The molecule has 3 N–H and O–H groups in total. The zero-order chi connectivity index (χ0) is 14.1. The monoisotopic (exact) mass is 335 g/mol. The molecule has 0 fully saturated rings. The lowest BCUT2D eigenvalue weighted by atomic mass is 9.94. The van der Waals surface area contributed by atoms with Crippen LogP contribution in [0.25, 0.3) is 5.82 Å². The summed E-state index contributed by atoms with van der Waals surface area (Å²) in [5, 5.41) is 16.3. The van der Waals surface area contributed by atoms with Crippen LogP contribution in [0, 0.1) is 0 Å². The Bertz CT molecular complexity index is 679. The summed E-state index contributed by atoms with van der Waals surface area (Å²) in [7, 11) is 0. The summed E-state index contributed by atoms with van der Waals surface area (Å²) >= 11 is 3.36. The van der Waals surface area contributed by atoms with Crippen LogP contribution in [0.1, 0.15) is 29.7 Å². The Morgan fingerprint density at radius 2 is 2.20 bits per heavy atom. The number of fused-ring (bicyclic) bond motifs is 1. The van der Waals surface area contributed by atoms with E-state index in [0.29, 0.717) is 11.4 Å². The Morgan fingerprint density at radius 3 is 2.90 bits per heavy atom. The molecule has 0 aromatic carbocycles. The van der Waals surface area contributed by atoms with Crippen LogP contribution in [0.4, 0.5) is 0 Å². The number of nitrogens with zero attached hydrogens (tertiary/aromatic N) is 4. The molecule has 0 amide bonds. The van der Waals surface area contributed by atoms with Gasteiger partial charge in [-0.3, -0.25) is 0 Å². The van der Waals surface area contributed by atoms with Gasteiger partial charge in [-0.2, -0.15) is 5.10 Å². The first-order valence-electron chi connectivity index (χ1n) is 6.40. The van der Waals surface area contributed by atoms with E-state index in [2.05, 4.69) is 31.2 Å². The fourth-order valence-corrected chi connectivity index (χ4v) is 2.74. The van der Waals surface area contributed by atoms with Crippen molar-refractivity contribution in [2.24, 2.45) is 10.9 Å². The zero-order valence-corrected chi connectivity index (χ0v) is 12.3. The molecule has 0 spiro atoms. The maximum Gasteiger partial charge on any atom is 0.173 e. The molecule has 0 saturated carbocycles. The second kappa shape index (κ2) is 5.24. The molecular formula is C13H14BrN5O. The number of aromatic nitrogens is 3. The van der Waals surface area contributed by atoms with Gasteiger partial charge in [-0.15, -0.1) is 0 Å². The standard InChI is InChI=1S/C13H14BrN5O/c14-9-6-16-19(7-9)13-10(12(15)18-20)5-8-3-1-2-4-11(8)17-13/h5-7,20H,1-4H2,(H2,15,18). The number of rotatable bonds is 2. The quantitative estimate of drug-likeness (QED) is 0.380. The fraction of sp³-hybridized carbons (Fsp3) is 0.308. The maximum absolute atomic E-state index is 8.97. The topological polar surface area (TPSA) is 89.3 Å². The van der Waals surface area contributed by atoms with Crippen molar-refractivity contribution < 1.29 is 5.21 Å². The van der Waals surface area contributed by atoms with Crippen molar-refractivity contribution in [2.45, 2.75) is 25.7 Å². The molecule has 1 aliphatic rings. The van der Waals surface area contributed by atoms with Crippen molar-refractivity contribution in [2.75, 3.05) is 0 Å². The summed E-state index contributed by atoms with van der Waals surface area (Å²) in [6.07, 6.45) is 7.71. The second-order valence-corrected chi connectivity index (χ2v) is 5.68. The number of aryl methyl sites for hydroxylation is 2. The Hall–Kier alpha value is -1.89. The zero-order valence-electron chi connectivity index (χ0n) is 10.8. The predicted octanol–water partition coefficient (Wildman–Crippen LogP) is 2.00. The Balaban J connectivity index is 2.20. The smallest absolute Gasteiger partial charge is 0.173 e. The van der Waals surface area contributed by atoms with E-state index in [1.165, 1.54) is 5.56 Å². The minimum Gasteiger partial charge on any atom is -0.409 e. The Morgan fingerprint density at radius 1 is 1.40 bits per heavy atom. The predicted molar refractivity (Wildman–Crippen MR) is 78.2 cm³/mol. The average molecular weight is 336 g/mol. The van der Waals surface area contributed by atoms with Gasteiger partial charge >= 0.3 is 0 Å². The second-order valence-electron chi connectivity index (χ2n) is 4.76. The first kappa shape index (κ1) is 13.1. The Kier molecular flexibility index (Phi) is 3.43. The van der Waals surface area contributed by atoms with E-state index in [9.17, 15) is 0 Å². The van der Waals surface area contributed by atoms with Crippen LogP contribution in [0.2, 0.25) is 0 Å². The van der Waals surface area contributed by atoms with E-state index >= 15 is 0 Å². The van der Waals surface area contributed by atoms with E-state index in [0.717, 1.165) is 35.8 Å². The number of hydrogen-bond acceptors (Lipinski definition) is 4. The molecule has 6 nitrogen and oxygen atoms in total. The molecule has 0 saturated heterocycles. The normalized spacial score (nSPS) is 15.2. The molecule has 104 valence electrons. The van der Waals surface area contributed by atoms with Crippen molar-refractivity contribution in [1.82, 2.24) is 14.8 Å². The molecule has 3 rings (SSSR count). The van der Waals surface area contributed by atoms with Gasteiger partial charge in [0.1, 0.15) is 0 Å². The van der Waals surface area contributed by atoms with Crippen LogP contribution in [0.3, 0.4) is 0 Å². The first-order chi connectivity index (χ1) is 9.69. The van der Waals surface area contributed by atoms with Gasteiger partial charge in [-0.1, -0.05) is 5.16 Å². The van der Waals surface area contributed by atoms with Gasteiger partial charge in [0.05, 0.1) is 16.2 Å². The molecule has 1 aliphatic carbocycles. The van der Waals surface area contributed by atoms with Crippen LogP contribution < -0.4 is 5.73 Å². The summed E-state index contributed by atoms with van der Waals surface area (Å²) < 4.78 is 2.48. The molecule has 20 heavy (non-hydrogen) atoms. The third-order valence-electron chi connectivity index (χ3n) is 3.43. The minimum absolute atomic E-state index is 0.0486. The summed E-state index contributed by atoms with van der Waals surface area (Å²) in [4.78, 5) is 4.67. The van der Waals surface area contributed by atoms with E-state index in [1.807, 2.05) is 6.07 Å². The minimum atomic E-state index is 0.0486. The summed E-state index contributed by atoms with van der Waals surface area (Å²) in [5.41, 5.74) is 8.63. The van der Waals surface area contributed by atoms with Crippen LogP contribution in [-0.2, 0) is 12.8 Å². The first-order valence-corrected chi connectivity index (χ1v) is 7.19. The number of amidine groups is 1. The van der Waals surface area contributed by atoms with Gasteiger partial charge in [0.15, 0.2) is 11.7 Å². The van der Waals surface area contributed by atoms with Crippen LogP contribution in [0.5, 0.6) is 0 Å². The lowest BCUT2D eigenvalue weighted by molar-refractivity contribution is 0.318. The van der Waals surface area contributed by atoms with Gasteiger partial charge in [-0.05, 0) is 53.2 Å². The molecular weight excluding hydrogens is 322 g/mol. The highest BCUT2D eigenvalue weighted by Crippen LogP contribution is 2.24. The lowest BCUT2D eigenvalue weighted by Gasteiger charge is -2.18. The van der Waals surface area contributed by atoms with Crippen molar-refractivity contribution >= 4 is 21.8 Å². The van der Waals surface area contributed by atoms with Gasteiger partial charge < -0.3 is 10.9 Å². The van der Waals surface area contributed by atoms with Crippen molar-refractivity contribution in [3.63, 3.8) is 0 Å². The number of halogens is 1. The molecule has 2 aromatic heterocycles. The molecule has 0 aliphatic heterocycles. The molecule has 7 heteroatoms. The average Bonchev–Trinajstić information content (AvgIpc) is 2.91. The van der Waals surface area contributed by atoms with Crippen LogP contribution in [-0.4, -0.2) is 25.8 Å². The number of pyridine rings is 1. The third-order valence-corrected chi connectivity index (χ3v) is 3.84. The van der Waals surface area contributed by atoms with E-state index in [-0.39, 0.29) is 5.84 Å². The molecule has 0 radical (unpaired) electrons. The highest BCUT2D eigenvalue weighted by molar-refractivity contribution is 9.10. The SMILES string of the molecule is NC(=NO)c1cc2c(nc1-n1cc(Br)cn1)CCCC2. The molecule has 2 heterocycles. The Labute approximate surface area is 124 Å². The van der Waals surface area contributed by atoms with Gasteiger partial charge in [0.25, 0.3) is 0 Å². The number of oxime groups is 1. The molecule has 0 bridgehead atoms. The third kappa shape index (κ3) is 2.29. The van der Waals surface area contributed by atoms with E-state index in [4.69, 9.17) is 10.9 Å². The highest BCUT2D eigenvalue weighted by Gasteiger charge is 2.18.